The van der Waals surface area contributed by atoms with Crippen molar-refractivity contribution in [1.82, 2.24) is 15.5 Å². The molecule has 1 aliphatic heterocycles. The number of carbonyl (C=O) groups excluding carboxylic acids is 2. The van der Waals surface area contributed by atoms with E-state index in [9.17, 15) is 9.59 Å². The number of amides is 3. The van der Waals surface area contributed by atoms with E-state index in [1.54, 1.807) is 0 Å². The van der Waals surface area contributed by atoms with Gasteiger partial charge in [0.25, 0.3) is 0 Å². The van der Waals surface area contributed by atoms with Gasteiger partial charge in [0, 0.05) is 25.6 Å². The minimum absolute atomic E-state index is 0.0577. The molecule has 1 saturated heterocycles. The van der Waals surface area contributed by atoms with E-state index in [4.69, 9.17) is 0 Å². The molecule has 0 saturated carbocycles. The predicted molar refractivity (Wildman–Crippen MR) is 130 cm³/mol. The third-order valence-corrected chi connectivity index (χ3v) is 6.10. The number of hydrogen-bond donors (Lipinski definition) is 2. The van der Waals surface area contributed by atoms with Crippen LogP contribution in [-0.4, -0.2) is 42.5 Å². The van der Waals surface area contributed by atoms with Crippen molar-refractivity contribution in [1.29, 1.82) is 0 Å². The molecule has 5 heteroatoms. The van der Waals surface area contributed by atoms with Gasteiger partial charge in [0.1, 0.15) is 6.04 Å². The molecule has 0 bridgehead atoms. The Hall–Kier alpha value is -2.82. The molecule has 3 rings (SSSR count). The average molecular weight is 436 g/mol. The summed E-state index contributed by atoms with van der Waals surface area (Å²) in [7, 11) is 0. The summed E-state index contributed by atoms with van der Waals surface area (Å²) < 4.78 is 0. The van der Waals surface area contributed by atoms with Crippen LogP contribution >= 0.6 is 0 Å². The van der Waals surface area contributed by atoms with Crippen molar-refractivity contribution in [2.24, 2.45) is 5.92 Å². The second-order valence-corrected chi connectivity index (χ2v) is 9.15. The lowest BCUT2D eigenvalue weighted by Crippen LogP contribution is -2.52. The Morgan fingerprint density at radius 1 is 0.844 bits per heavy atom. The van der Waals surface area contributed by atoms with Crippen LogP contribution in [0.4, 0.5) is 4.79 Å². The molecule has 0 unspecified atom stereocenters. The van der Waals surface area contributed by atoms with E-state index in [2.05, 4.69) is 48.7 Å². The first kappa shape index (κ1) is 23.8. The van der Waals surface area contributed by atoms with E-state index < -0.39 is 6.04 Å². The van der Waals surface area contributed by atoms with Crippen LogP contribution in [0, 0.1) is 5.92 Å². The molecular weight excluding hydrogens is 398 g/mol. The molecule has 1 aliphatic rings. The zero-order valence-electron chi connectivity index (χ0n) is 19.4. The van der Waals surface area contributed by atoms with Crippen molar-refractivity contribution < 1.29 is 9.59 Å². The molecule has 172 valence electrons. The number of likely N-dealkylation sites (tertiary alicyclic amines) is 1. The smallest absolute Gasteiger partial charge is 0.318 e. The summed E-state index contributed by atoms with van der Waals surface area (Å²) in [5, 5.41) is 6.16. The van der Waals surface area contributed by atoms with Gasteiger partial charge in [-0.15, -0.1) is 0 Å². The van der Waals surface area contributed by atoms with Crippen LogP contribution in [0.1, 0.15) is 63.0 Å². The number of rotatable bonds is 8. The van der Waals surface area contributed by atoms with Crippen LogP contribution in [0.15, 0.2) is 60.7 Å². The average Bonchev–Trinajstić information content (AvgIpc) is 3.09. The summed E-state index contributed by atoms with van der Waals surface area (Å²) in [6.45, 7) is 6.18. The lowest BCUT2D eigenvalue weighted by atomic mass is 9.91. The van der Waals surface area contributed by atoms with Gasteiger partial charge in [-0.05, 0) is 36.3 Å². The van der Waals surface area contributed by atoms with Gasteiger partial charge in [-0.1, -0.05) is 87.4 Å². The van der Waals surface area contributed by atoms with Gasteiger partial charge in [0.2, 0.25) is 5.91 Å². The molecule has 0 spiro atoms. The maximum absolute atomic E-state index is 13.2. The fourth-order valence-electron chi connectivity index (χ4n) is 4.34. The maximum Gasteiger partial charge on any atom is 0.318 e. The van der Waals surface area contributed by atoms with Crippen LogP contribution in [0.3, 0.4) is 0 Å². The van der Waals surface area contributed by atoms with Gasteiger partial charge >= 0.3 is 6.03 Å². The molecule has 0 radical (unpaired) electrons. The van der Waals surface area contributed by atoms with E-state index >= 15 is 0 Å². The summed E-state index contributed by atoms with van der Waals surface area (Å²) in [5.74, 6) is 0.246. The fourth-order valence-corrected chi connectivity index (χ4v) is 4.34. The molecule has 5 nitrogen and oxygen atoms in total. The molecule has 3 amide bonds. The summed E-state index contributed by atoms with van der Waals surface area (Å²) in [4.78, 5) is 27.9. The highest BCUT2D eigenvalue weighted by molar-refractivity contribution is 5.87. The van der Waals surface area contributed by atoms with E-state index in [0.29, 0.717) is 18.9 Å². The topological polar surface area (TPSA) is 61.4 Å². The summed E-state index contributed by atoms with van der Waals surface area (Å²) in [5.41, 5.74) is 2.32. The Morgan fingerprint density at radius 3 is 1.88 bits per heavy atom. The third-order valence-electron chi connectivity index (χ3n) is 6.10. The Kier molecular flexibility index (Phi) is 9.14. The Labute approximate surface area is 192 Å². The van der Waals surface area contributed by atoms with E-state index in [0.717, 1.165) is 37.1 Å². The van der Waals surface area contributed by atoms with Gasteiger partial charge in [-0.3, -0.25) is 4.79 Å². The fraction of sp³-hybridized carbons (Fsp3) is 0.481. The normalized spacial score (nSPS) is 15.3. The lowest BCUT2D eigenvalue weighted by Gasteiger charge is -2.27. The molecule has 2 aromatic carbocycles. The highest BCUT2D eigenvalue weighted by Gasteiger charge is 2.26. The van der Waals surface area contributed by atoms with Crippen LogP contribution in [0.5, 0.6) is 0 Å². The van der Waals surface area contributed by atoms with Gasteiger partial charge < -0.3 is 15.5 Å². The largest absolute Gasteiger partial charge is 0.353 e. The quantitative estimate of drug-likeness (QED) is 0.617. The second-order valence-electron chi connectivity index (χ2n) is 9.15. The van der Waals surface area contributed by atoms with Gasteiger partial charge in [0.15, 0.2) is 0 Å². The molecule has 0 aromatic heterocycles. The van der Waals surface area contributed by atoms with Crippen molar-refractivity contribution in [2.75, 3.05) is 19.6 Å². The summed E-state index contributed by atoms with van der Waals surface area (Å²) >= 11 is 0. The second kappa shape index (κ2) is 12.3. The van der Waals surface area contributed by atoms with Crippen LogP contribution < -0.4 is 10.6 Å². The highest BCUT2D eigenvalue weighted by Crippen LogP contribution is 2.23. The number of hydrogen-bond acceptors (Lipinski definition) is 2. The predicted octanol–water partition coefficient (Wildman–Crippen LogP) is 4.94. The van der Waals surface area contributed by atoms with Crippen molar-refractivity contribution in [3.8, 4) is 0 Å². The van der Waals surface area contributed by atoms with Crippen molar-refractivity contribution in [3.63, 3.8) is 0 Å². The van der Waals surface area contributed by atoms with Gasteiger partial charge in [-0.2, -0.15) is 0 Å². The first-order chi connectivity index (χ1) is 15.5. The standard InChI is InChI=1S/C27H37N3O2/c1-21(2)19-25(29-27(32)30-17-11-3-4-12-18-30)26(31)28-20-24(22-13-7-5-8-14-22)23-15-9-6-10-16-23/h5-10,13-16,21,24-25H,3-4,11-12,17-20H2,1-2H3,(H,28,31)(H,29,32)/t25-/m0/s1. The van der Waals surface area contributed by atoms with Crippen molar-refractivity contribution in [2.45, 2.75) is 57.9 Å². The minimum Gasteiger partial charge on any atom is -0.353 e. The molecule has 32 heavy (non-hydrogen) atoms. The van der Waals surface area contributed by atoms with E-state index in [1.165, 1.54) is 12.8 Å². The number of nitrogens with one attached hydrogen (secondary N) is 2. The first-order valence-corrected chi connectivity index (χ1v) is 12.0. The monoisotopic (exact) mass is 435 g/mol. The number of carbonyl (C=O) groups is 2. The molecule has 1 fully saturated rings. The maximum atomic E-state index is 13.2. The molecule has 1 atom stereocenters. The van der Waals surface area contributed by atoms with Crippen LogP contribution in [0.25, 0.3) is 0 Å². The molecular formula is C27H37N3O2. The highest BCUT2D eigenvalue weighted by atomic mass is 16.2. The van der Waals surface area contributed by atoms with Gasteiger partial charge in [-0.25, -0.2) is 4.79 Å². The Bertz CT molecular complexity index is 791. The summed E-state index contributed by atoms with van der Waals surface area (Å²) in [6, 6.07) is 19.8. The number of urea groups is 1. The zero-order chi connectivity index (χ0) is 22.8. The molecule has 2 N–H and O–H groups in total. The van der Waals surface area contributed by atoms with Crippen molar-refractivity contribution >= 4 is 11.9 Å². The summed E-state index contributed by atoms with van der Waals surface area (Å²) in [6.07, 6.45) is 5.02. The Morgan fingerprint density at radius 2 is 1.38 bits per heavy atom. The minimum atomic E-state index is -0.530. The number of benzene rings is 2. The van der Waals surface area contributed by atoms with E-state index in [-0.39, 0.29) is 17.9 Å². The van der Waals surface area contributed by atoms with Crippen molar-refractivity contribution in [3.05, 3.63) is 71.8 Å². The Balaban J connectivity index is 1.68. The van der Waals surface area contributed by atoms with Crippen LogP contribution in [-0.2, 0) is 4.79 Å². The molecule has 0 aliphatic carbocycles. The number of nitrogens with zero attached hydrogens (tertiary/aromatic N) is 1. The van der Waals surface area contributed by atoms with Crippen LogP contribution in [0.2, 0.25) is 0 Å². The SMILES string of the molecule is CC(C)C[C@H](NC(=O)N1CCCCCC1)C(=O)NCC(c1ccccc1)c1ccccc1. The first-order valence-electron chi connectivity index (χ1n) is 12.0. The van der Waals surface area contributed by atoms with E-state index in [1.807, 2.05) is 41.3 Å². The van der Waals surface area contributed by atoms with Gasteiger partial charge in [0.05, 0.1) is 0 Å². The third kappa shape index (κ3) is 7.11. The molecule has 2 aromatic rings. The zero-order valence-corrected chi connectivity index (χ0v) is 19.4. The lowest BCUT2D eigenvalue weighted by molar-refractivity contribution is -0.123. The molecule has 1 heterocycles.